The lowest BCUT2D eigenvalue weighted by atomic mass is 9.98. The van der Waals surface area contributed by atoms with Gasteiger partial charge in [0.2, 0.25) is 0 Å². The Morgan fingerprint density at radius 2 is 1.33 bits per heavy atom. The molecule has 0 atom stereocenters. The molecule has 2 aromatic rings. The van der Waals surface area contributed by atoms with Gasteiger partial charge in [-0.25, -0.2) is 0 Å². The van der Waals surface area contributed by atoms with Crippen LogP contribution >= 0.6 is 0 Å². The Morgan fingerprint density at radius 1 is 0.833 bits per heavy atom. The van der Waals surface area contributed by atoms with E-state index in [1.807, 2.05) is 13.8 Å². The molecule has 126 valence electrons. The summed E-state index contributed by atoms with van der Waals surface area (Å²) in [7, 11) is 0. The molecule has 3 heteroatoms. The van der Waals surface area contributed by atoms with E-state index in [0.717, 1.165) is 18.6 Å². The first-order valence-corrected chi connectivity index (χ1v) is 8.77. The Labute approximate surface area is 144 Å². The van der Waals surface area contributed by atoms with Crippen LogP contribution in [-0.2, 0) is 22.3 Å². The van der Waals surface area contributed by atoms with Crippen molar-refractivity contribution in [2.75, 3.05) is 19.8 Å². The molecule has 0 saturated heterocycles. The Morgan fingerprint density at radius 3 is 1.83 bits per heavy atom. The molecule has 2 aromatic carbocycles. The number of fused-ring (bicyclic) bond motifs is 2. The van der Waals surface area contributed by atoms with Gasteiger partial charge in [0.15, 0.2) is 6.29 Å². The number of hydrogen-bond acceptors (Lipinski definition) is 3. The lowest BCUT2D eigenvalue weighted by Crippen LogP contribution is -2.22. The van der Waals surface area contributed by atoms with Crippen LogP contribution < -0.4 is 0 Å². The summed E-state index contributed by atoms with van der Waals surface area (Å²) in [5, 5.41) is 0. The standard InChI is InChI=1S/C21H25NO2/c1-3-23-20(24-4-2)15-22-21-18-11-7-5-9-16(18)13-14-17-10-6-8-12-19(17)21/h5-12,20H,3-4,13-15H2,1-2H3. The number of rotatable bonds is 6. The Balaban J connectivity index is 1.99. The van der Waals surface area contributed by atoms with Crippen LogP contribution in [0.25, 0.3) is 0 Å². The minimum absolute atomic E-state index is 0.282. The highest BCUT2D eigenvalue weighted by Gasteiger charge is 2.19. The minimum Gasteiger partial charge on any atom is -0.351 e. The van der Waals surface area contributed by atoms with E-state index in [4.69, 9.17) is 14.5 Å². The normalized spacial score (nSPS) is 13.4. The highest BCUT2D eigenvalue weighted by atomic mass is 16.7. The molecule has 0 amide bonds. The lowest BCUT2D eigenvalue weighted by Gasteiger charge is -2.16. The Kier molecular flexibility index (Phi) is 5.78. The molecule has 0 fully saturated rings. The van der Waals surface area contributed by atoms with Crippen molar-refractivity contribution < 1.29 is 9.47 Å². The molecule has 3 nitrogen and oxygen atoms in total. The number of aliphatic imine (C=N–C) groups is 1. The molecule has 0 aromatic heterocycles. The fraction of sp³-hybridized carbons (Fsp3) is 0.381. The molecule has 3 rings (SSSR count). The molecule has 0 aliphatic heterocycles. The topological polar surface area (TPSA) is 30.8 Å². The molecule has 0 spiro atoms. The summed E-state index contributed by atoms with van der Waals surface area (Å²) in [5.41, 5.74) is 6.24. The fourth-order valence-corrected chi connectivity index (χ4v) is 3.21. The third kappa shape index (κ3) is 3.74. The third-order valence-corrected chi connectivity index (χ3v) is 4.31. The van der Waals surface area contributed by atoms with Crippen molar-refractivity contribution in [3.8, 4) is 0 Å². The quantitative estimate of drug-likeness (QED) is 0.752. The SMILES string of the molecule is CCOC(CN=C1c2ccccc2CCc2ccccc21)OCC. The molecule has 0 N–H and O–H groups in total. The van der Waals surface area contributed by atoms with Crippen molar-refractivity contribution in [2.24, 2.45) is 4.99 Å². The highest BCUT2D eigenvalue weighted by Crippen LogP contribution is 2.25. The van der Waals surface area contributed by atoms with Crippen molar-refractivity contribution in [3.63, 3.8) is 0 Å². The van der Waals surface area contributed by atoms with Gasteiger partial charge in [-0.3, -0.25) is 4.99 Å². The zero-order valence-corrected chi connectivity index (χ0v) is 14.5. The van der Waals surface area contributed by atoms with E-state index in [0.29, 0.717) is 19.8 Å². The van der Waals surface area contributed by atoms with Gasteiger partial charge < -0.3 is 9.47 Å². The summed E-state index contributed by atoms with van der Waals surface area (Å²) in [6.45, 7) is 5.73. The van der Waals surface area contributed by atoms with Gasteiger partial charge >= 0.3 is 0 Å². The van der Waals surface area contributed by atoms with Crippen LogP contribution in [0, 0.1) is 0 Å². The van der Waals surface area contributed by atoms with Crippen molar-refractivity contribution in [2.45, 2.75) is 33.0 Å². The van der Waals surface area contributed by atoms with Crippen LogP contribution in [0.15, 0.2) is 53.5 Å². The number of benzene rings is 2. The van der Waals surface area contributed by atoms with Crippen LogP contribution in [-0.4, -0.2) is 31.8 Å². The second-order valence-corrected chi connectivity index (χ2v) is 5.84. The van der Waals surface area contributed by atoms with E-state index >= 15 is 0 Å². The van der Waals surface area contributed by atoms with Crippen molar-refractivity contribution in [1.82, 2.24) is 0 Å². The van der Waals surface area contributed by atoms with Crippen LogP contribution in [0.1, 0.15) is 36.1 Å². The molecule has 0 saturated carbocycles. The first kappa shape index (κ1) is 16.9. The smallest absolute Gasteiger partial charge is 0.176 e. The third-order valence-electron chi connectivity index (χ3n) is 4.31. The van der Waals surface area contributed by atoms with Gasteiger partial charge in [-0.2, -0.15) is 0 Å². The predicted octanol–water partition coefficient (Wildman–Crippen LogP) is 4.02. The van der Waals surface area contributed by atoms with Crippen LogP contribution in [0.5, 0.6) is 0 Å². The maximum absolute atomic E-state index is 5.65. The van der Waals surface area contributed by atoms with Gasteiger partial charge in [0.05, 0.1) is 12.3 Å². The first-order chi connectivity index (χ1) is 11.8. The Hall–Kier alpha value is -1.97. The van der Waals surface area contributed by atoms with Crippen LogP contribution in [0.2, 0.25) is 0 Å². The Bertz CT molecular complexity index is 653. The fourth-order valence-electron chi connectivity index (χ4n) is 3.21. The summed E-state index contributed by atoms with van der Waals surface area (Å²) in [5.74, 6) is 0. The second-order valence-electron chi connectivity index (χ2n) is 5.84. The molecule has 1 aliphatic rings. The maximum Gasteiger partial charge on any atom is 0.176 e. The molecule has 0 heterocycles. The monoisotopic (exact) mass is 323 g/mol. The van der Waals surface area contributed by atoms with Crippen molar-refractivity contribution in [3.05, 3.63) is 70.8 Å². The maximum atomic E-state index is 5.65. The minimum atomic E-state index is -0.282. The highest BCUT2D eigenvalue weighted by molar-refractivity contribution is 6.15. The molecular formula is C21H25NO2. The van der Waals surface area contributed by atoms with Gasteiger partial charge in [-0.15, -0.1) is 0 Å². The van der Waals surface area contributed by atoms with E-state index in [-0.39, 0.29) is 6.29 Å². The lowest BCUT2D eigenvalue weighted by molar-refractivity contribution is -0.128. The van der Waals surface area contributed by atoms with Crippen LogP contribution in [0.3, 0.4) is 0 Å². The molecule has 0 radical (unpaired) electrons. The van der Waals surface area contributed by atoms with Gasteiger partial charge in [-0.05, 0) is 37.8 Å². The summed E-state index contributed by atoms with van der Waals surface area (Å²) in [6.07, 6.45) is 1.81. The van der Waals surface area contributed by atoms with Gasteiger partial charge in [0.25, 0.3) is 0 Å². The zero-order chi connectivity index (χ0) is 16.8. The van der Waals surface area contributed by atoms with E-state index in [2.05, 4.69) is 48.5 Å². The molecule has 0 bridgehead atoms. The number of hydrogen-bond donors (Lipinski definition) is 0. The molecular weight excluding hydrogens is 298 g/mol. The summed E-state index contributed by atoms with van der Waals surface area (Å²) in [6, 6.07) is 17.2. The number of ether oxygens (including phenoxy) is 2. The molecule has 1 aliphatic carbocycles. The largest absolute Gasteiger partial charge is 0.351 e. The van der Waals surface area contributed by atoms with Gasteiger partial charge in [0, 0.05) is 24.3 Å². The molecule has 24 heavy (non-hydrogen) atoms. The van der Waals surface area contributed by atoms with Crippen molar-refractivity contribution in [1.29, 1.82) is 0 Å². The first-order valence-electron chi connectivity index (χ1n) is 8.77. The van der Waals surface area contributed by atoms with Crippen molar-refractivity contribution >= 4 is 5.71 Å². The van der Waals surface area contributed by atoms with E-state index < -0.39 is 0 Å². The molecule has 0 unspecified atom stereocenters. The average Bonchev–Trinajstić information content (AvgIpc) is 2.77. The van der Waals surface area contributed by atoms with Crippen LogP contribution in [0.4, 0.5) is 0 Å². The average molecular weight is 323 g/mol. The van der Waals surface area contributed by atoms with Gasteiger partial charge in [-0.1, -0.05) is 48.5 Å². The summed E-state index contributed by atoms with van der Waals surface area (Å²) in [4.78, 5) is 4.93. The van der Waals surface area contributed by atoms with E-state index in [1.165, 1.54) is 22.3 Å². The van der Waals surface area contributed by atoms with E-state index in [1.54, 1.807) is 0 Å². The second kappa shape index (κ2) is 8.22. The zero-order valence-electron chi connectivity index (χ0n) is 14.5. The van der Waals surface area contributed by atoms with Gasteiger partial charge in [0.1, 0.15) is 0 Å². The predicted molar refractivity (Wildman–Crippen MR) is 97.8 cm³/mol. The summed E-state index contributed by atoms with van der Waals surface area (Å²) >= 11 is 0. The number of nitrogens with zero attached hydrogens (tertiary/aromatic N) is 1. The van der Waals surface area contributed by atoms with E-state index in [9.17, 15) is 0 Å². The number of aryl methyl sites for hydroxylation is 2. The summed E-state index contributed by atoms with van der Waals surface area (Å²) < 4.78 is 11.3.